The van der Waals surface area contributed by atoms with Crippen LogP contribution < -0.4 is 10.1 Å². The Morgan fingerprint density at radius 1 is 1.00 bits per heavy atom. The Labute approximate surface area is 187 Å². The van der Waals surface area contributed by atoms with E-state index in [2.05, 4.69) is 16.3 Å². The van der Waals surface area contributed by atoms with Crippen molar-refractivity contribution in [2.45, 2.75) is 19.8 Å². The smallest absolute Gasteiger partial charge is 0.238 e. The van der Waals surface area contributed by atoms with Gasteiger partial charge in [0.05, 0.1) is 19.8 Å². The Morgan fingerprint density at radius 3 is 2.55 bits per heavy atom. The van der Waals surface area contributed by atoms with Gasteiger partial charge in [0.15, 0.2) is 0 Å². The number of anilines is 1. The number of carbonyl (C=O) groups is 1. The van der Waals surface area contributed by atoms with Gasteiger partial charge in [-0.15, -0.1) is 0 Å². The number of para-hydroxylation sites is 1. The van der Waals surface area contributed by atoms with E-state index in [-0.39, 0.29) is 5.91 Å². The lowest BCUT2D eigenvalue weighted by molar-refractivity contribution is -0.117. The van der Waals surface area contributed by atoms with Crippen LogP contribution >= 0.6 is 11.6 Å². The van der Waals surface area contributed by atoms with E-state index in [1.165, 1.54) is 0 Å². The van der Waals surface area contributed by atoms with Crippen molar-refractivity contribution in [3.8, 4) is 5.75 Å². The second kappa shape index (κ2) is 10.4. The molecule has 4 rings (SSSR count). The number of hydrogen-bond donors (Lipinski definition) is 1. The first-order valence-electron chi connectivity index (χ1n) is 10.3. The summed E-state index contributed by atoms with van der Waals surface area (Å²) in [4.78, 5) is 14.5. The maximum atomic E-state index is 12.4. The summed E-state index contributed by atoms with van der Waals surface area (Å²) in [6.45, 7) is 3.25. The molecule has 5 nitrogen and oxygen atoms in total. The van der Waals surface area contributed by atoms with Crippen LogP contribution in [0.1, 0.15) is 16.7 Å². The molecule has 160 valence electrons. The predicted octanol–water partition coefficient (Wildman–Crippen LogP) is 4.89. The molecular formula is C25H25ClN2O3. The van der Waals surface area contributed by atoms with Crippen LogP contribution in [0.5, 0.6) is 5.75 Å². The molecule has 0 fully saturated rings. The van der Waals surface area contributed by atoms with Crippen LogP contribution in [0.15, 0.2) is 72.8 Å². The Kier molecular flexibility index (Phi) is 7.20. The van der Waals surface area contributed by atoms with Crippen molar-refractivity contribution in [3.63, 3.8) is 0 Å². The highest BCUT2D eigenvalue weighted by molar-refractivity contribution is 6.30. The van der Waals surface area contributed by atoms with Gasteiger partial charge in [0, 0.05) is 29.4 Å². The van der Waals surface area contributed by atoms with Crippen LogP contribution in [0.2, 0.25) is 5.02 Å². The van der Waals surface area contributed by atoms with Gasteiger partial charge < -0.3 is 14.8 Å². The van der Waals surface area contributed by atoms with Crippen LogP contribution in [0.25, 0.3) is 0 Å². The minimum Gasteiger partial charge on any atom is -0.492 e. The highest BCUT2D eigenvalue weighted by Crippen LogP contribution is 2.25. The van der Waals surface area contributed by atoms with E-state index in [0.717, 1.165) is 33.1 Å². The summed E-state index contributed by atoms with van der Waals surface area (Å²) in [5, 5.41) is 3.66. The van der Waals surface area contributed by atoms with Crippen molar-refractivity contribution in [3.05, 3.63) is 94.5 Å². The first-order chi connectivity index (χ1) is 15.2. The number of benzene rings is 3. The fraction of sp³-hybridized carbons (Fsp3) is 0.240. The summed E-state index contributed by atoms with van der Waals surface area (Å²) in [5.41, 5.74) is 4.03. The van der Waals surface area contributed by atoms with Crippen molar-refractivity contribution in [1.82, 2.24) is 4.90 Å². The number of nitrogens with zero attached hydrogens (tertiary/aromatic N) is 1. The lowest BCUT2D eigenvalue weighted by atomic mass is 10.1. The molecule has 0 bridgehead atoms. The number of halogens is 1. The molecule has 0 atom stereocenters. The highest BCUT2D eigenvalue weighted by atomic mass is 35.5. The molecule has 1 aliphatic rings. The minimum atomic E-state index is -0.0305. The number of rotatable bonds is 7. The summed E-state index contributed by atoms with van der Waals surface area (Å²) in [5.74, 6) is 0.838. The van der Waals surface area contributed by atoms with Gasteiger partial charge in [0.1, 0.15) is 12.4 Å². The molecule has 3 aromatic rings. The lowest BCUT2D eigenvalue weighted by Crippen LogP contribution is -2.34. The summed E-state index contributed by atoms with van der Waals surface area (Å²) in [6.07, 6.45) is 0. The van der Waals surface area contributed by atoms with Crippen LogP contribution in [0.3, 0.4) is 0 Å². The van der Waals surface area contributed by atoms with Crippen molar-refractivity contribution in [1.29, 1.82) is 0 Å². The minimum absolute atomic E-state index is 0.0305. The molecule has 1 heterocycles. The van der Waals surface area contributed by atoms with Gasteiger partial charge in [0.2, 0.25) is 5.91 Å². The van der Waals surface area contributed by atoms with E-state index in [9.17, 15) is 4.79 Å². The van der Waals surface area contributed by atoms with Gasteiger partial charge in [-0.25, -0.2) is 0 Å². The van der Waals surface area contributed by atoms with Crippen LogP contribution in [0.4, 0.5) is 5.69 Å². The maximum Gasteiger partial charge on any atom is 0.238 e. The molecule has 6 heteroatoms. The van der Waals surface area contributed by atoms with Crippen molar-refractivity contribution >= 4 is 23.2 Å². The molecule has 1 amide bonds. The first kappa shape index (κ1) is 21.4. The van der Waals surface area contributed by atoms with E-state index in [1.807, 2.05) is 66.7 Å². The zero-order chi connectivity index (χ0) is 21.5. The van der Waals surface area contributed by atoms with E-state index < -0.39 is 0 Å². The summed E-state index contributed by atoms with van der Waals surface area (Å²) in [6, 6.07) is 23.3. The van der Waals surface area contributed by atoms with Crippen molar-refractivity contribution in [2.24, 2.45) is 0 Å². The molecule has 0 unspecified atom stereocenters. The van der Waals surface area contributed by atoms with E-state index in [1.54, 1.807) is 0 Å². The fourth-order valence-electron chi connectivity index (χ4n) is 3.52. The third-order valence-electron chi connectivity index (χ3n) is 5.06. The predicted molar refractivity (Wildman–Crippen MR) is 122 cm³/mol. The zero-order valence-electron chi connectivity index (χ0n) is 17.2. The SMILES string of the molecule is O=C(CN1CCOc2ccc(COCc3ccc(Cl)cc3)cc2C1)Nc1ccccc1. The standard InChI is InChI=1S/C25H25ClN2O3/c26-22-9-6-19(7-10-22)17-30-18-20-8-11-24-21(14-20)15-28(12-13-31-24)16-25(29)27-23-4-2-1-3-5-23/h1-11,14H,12-13,15-18H2,(H,27,29). The normalized spacial score (nSPS) is 13.7. The molecule has 0 aliphatic carbocycles. The largest absolute Gasteiger partial charge is 0.492 e. The summed E-state index contributed by atoms with van der Waals surface area (Å²) in [7, 11) is 0. The fourth-order valence-corrected chi connectivity index (χ4v) is 3.65. The zero-order valence-corrected chi connectivity index (χ0v) is 18.0. The van der Waals surface area contributed by atoms with Crippen LogP contribution in [-0.2, 0) is 29.3 Å². The van der Waals surface area contributed by atoms with Gasteiger partial charge in [-0.1, -0.05) is 48.0 Å². The van der Waals surface area contributed by atoms with Crippen molar-refractivity contribution < 1.29 is 14.3 Å². The van der Waals surface area contributed by atoms with Gasteiger partial charge in [0.25, 0.3) is 0 Å². The average Bonchev–Trinajstić information content (AvgIpc) is 2.97. The summed E-state index contributed by atoms with van der Waals surface area (Å²) >= 11 is 5.92. The first-order valence-corrected chi connectivity index (χ1v) is 10.7. The number of carbonyl (C=O) groups excluding carboxylic acids is 1. The number of fused-ring (bicyclic) bond motifs is 1. The van der Waals surface area contributed by atoms with Gasteiger partial charge in [-0.3, -0.25) is 9.69 Å². The molecule has 0 aromatic heterocycles. The highest BCUT2D eigenvalue weighted by Gasteiger charge is 2.18. The molecule has 0 radical (unpaired) electrons. The number of hydrogen-bond acceptors (Lipinski definition) is 4. The third-order valence-corrected chi connectivity index (χ3v) is 5.31. The second-order valence-corrected chi connectivity index (χ2v) is 7.97. The van der Waals surface area contributed by atoms with Gasteiger partial charge in [-0.2, -0.15) is 0 Å². The Morgan fingerprint density at radius 2 is 1.74 bits per heavy atom. The topological polar surface area (TPSA) is 50.8 Å². The molecule has 0 saturated carbocycles. The van der Waals surface area contributed by atoms with E-state index in [0.29, 0.717) is 39.5 Å². The van der Waals surface area contributed by atoms with Gasteiger partial charge >= 0.3 is 0 Å². The molecule has 1 aliphatic heterocycles. The molecule has 3 aromatic carbocycles. The number of amides is 1. The molecule has 31 heavy (non-hydrogen) atoms. The maximum absolute atomic E-state index is 12.4. The molecular weight excluding hydrogens is 412 g/mol. The van der Waals surface area contributed by atoms with E-state index in [4.69, 9.17) is 21.1 Å². The lowest BCUT2D eigenvalue weighted by Gasteiger charge is -2.19. The third kappa shape index (κ3) is 6.31. The van der Waals surface area contributed by atoms with E-state index >= 15 is 0 Å². The van der Waals surface area contributed by atoms with Gasteiger partial charge in [-0.05, 0) is 47.5 Å². The second-order valence-electron chi connectivity index (χ2n) is 7.53. The quantitative estimate of drug-likeness (QED) is 0.573. The monoisotopic (exact) mass is 436 g/mol. The summed E-state index contributed by atoms with van der Waals surface area (Å²) < 4.78 is 11.8. The number of ether oxygens (including phenoxy) is 2. The Bertz CT molecular complexity index is 1010. The molecule has 0 saturated heterocycles. The average molecular weight is 437 g/mol. The Hall–Kier alpha value is -2.86. The molecule has 1 N–H and O–H groups in total. The van der Waals surface area contributed by atoms with Crippen LogP contribution in [-0.4, -0.2) is 30.5 Å². The van der Waals surface area contributed by atoms with Crippen LogP contribution in [0, 0.1) is 0 Å². The number of nitrogens with one attached hydrogen (secondary N) is 1. The van der Waals surface area contributed by atoms with Crippen molar-refractivity contribution in [2.75, 3.05) is 25.0 Å². The Balaban J connectivity index is 1.33. The molecule has 0 spiro atoms.